The maximum atomic E-state index is 13.3. The number of nitrogens with zero attached hydrogens (tertiary/aromatic N) is 2. The van der Waals surface area contributed by atoms with E-state index in [0.717, 1.165) is 29.9 Å². The van der Waals surface area contributed by atoms with Gasteiger partial charge in [0.25, 0.3) is 0 Å². The number of hydrogen-bond donors (Lipinski definition) is 1. The van der Waals surface area contributed by atoms with Crippen molar-refractivity contribution in [2.75, 3.05) is 0 Å². The number of aliphatic hydroxyl groups excluding tert-OH is 1. The van der Waals surface area contributed by atoms with E-state index >= 15 is 0 Å². The highest BCUT2D eigenvalue weighted by Gasteiger charge is 2.15. The molecule has 0 spiro atoms. The van der Waals surface area contributed by atoms with Gasteiger partial charge in [-0.25, -0.2) is 9.07 Å². The van der Waals surface area contributed by atoms with Crippen LogP contribution in [-0.4, -0.2) is 14.9 Å². The van der Waals surface area contributed by atoms with E-state index in [2.05, 4.69) is 18.1 Å². The summed E-state index contributed by atoms with van der Waals surface area (Å²) in [6.07, 6.45) is 0.958. The molecular formula is C15H19FN2O. The first kappa shape index (κ1) is 13.7. The van der Waals surface area contributed by atoms with Gasteiger partial charge in [-0.1, -0.05) is 13.8 Å². The third kappa shape index (κ3) is 2.68. The van der Waals surface area contributed by atoms with Crippen LogP contribution in [0.3, 0.4) is 0 Å². The summed E-state index contributed by atoms with van der Waals surface area (Å²) >= 11 is 0. The van der Waals surface area contributed by atoms with Crippen LogP contribution in [0.25, 0.3) is 5.69 Å². The quantitative estimate of drug-likeness (QED) is 0.919. The Morgan fingerprint density at radius 2 is 2.00 bits per heavy atom. The van der Waals surface area contributed by atoms with Crippen LogP contribution in [0, 0.1) is 5.82 Å². The van der Waals surface area contributed by atoms with Gasteiger partial charge in [0.2, 0.25) is 0 Å². The summed E-state index contributed by atoms with van der Waals surface area (Å²) in [6.45, 7) is 5.74. The standard InChI is InChI=1S/C15H19FN2O/c1-4-12-9-13(5-2)18(17-12)15-7-6-11(16)8-14(15)10(3)19/h6-10,19H,4-5H2,1-3H3/t10-/m1/s1. The van der Waals surface area contributed by atoms with Gasteiger partial charge < -0.3 is 5.11 Å². The monoisotopic (exact) mass is 262 g/mol. The van der Waals surface area contributed by atoms with E-state index in [4.69, 9.17) is 0 Å². The Balaban J connectivity index is 2.60. The van der Waals surface area contributed by atoms with Crippen molar-refractivity contribution in [3.05, 3.63) is 47.0 Å². The molecule has 0 saturated carbocycles. The predicted molar refractivity (Wildman–Crippen MR) is 72.9 cm³/mol. The topological polar surface area (TPSA) is 38.0 Å². The minimum absolute atomic E-state index is 0.347. The highest BCUT2D eigenvalue weighted by molar-refractivity contribution is 5.43. The molecule has 0 aliphatic carbocycles. The van der Waals surface area contributed by atoms with E-state index in [1.165, 1.54) is 12.1 Å². The summed E-state index contributed by atoms with van der Waals surface area (Å²) < 4.78 is 15.1. The average molecular weight is 262 g/mol. The molecule has 0 amide bonds. The molecule has 2 rings (SSSR count). The van der Waals surface area contributed by atoms with Gasteiger partial charge in [0.05, 0.1) is 17.5 Å². The number of rotatable bonds is 4. The van der Waals surface area contributed by atoms with Crippen LogP contribution in [0.1, 0.15) is 43.8 Å². The Morgan fingerprint density at radius 1 is 1.26 bits per heavy atom. The lowest BCUT2D eigenvalue weighted by Gasteiger charge is -2.14. The molecule has 1 N–H and O–H groups in total. The van der Waals surface area contributed by atoms with Crippen LogP contribution in [-0.2, 0) is 12.8 Å². The lowest BCUT2D eigenvalue weighted by atomic mass is 10.1. The Kier molecular flexibility index (Phi) is 4.00. The lowest BCUT2D eigenvalue weighted by molar-refractivity contribution is 0.198. The Labute approximate surface area is 112 Å². The van der Waals surface area contributed by atoms with Gasteiger partial charge in [0.1, 0.15) is 5.82 Å². The number of aromatic nitrogens is 2. The Hall–Kier alpha value is -1.68. The van der Waals surface area contributed by atoms with Gasteiger partial charge in [-0.2, -0.15) is 5.10 Å². The van der Waals surface area contributed by atoms with Crippen LogP contribution < -0.4 is 0 Å². The maximum absolute atomic E-state index is 13.3. The minimum atomic E-state index is -0.732. The molecule has 0 unspecified atom stereocenters. The number of aliphatic hydroxyl groups is 1. The van der Waals surface area contributed by atoms with Crippen molar-refractivity contribution in [2.24, 2.45) is 0 Å². The van der Waals surface area contributed by atoms with E-state index in [0.29, 0.717) is 5.56 Å². The Morgan fingerprint density at radius 3 is 2.58 bits per heavy atom. The molecule has 0 fully saturated rings. The van der Waals surface area contributed by atoms with Crippen LogP contribution >= 0.6 is 0 Å². The summed E-state index contributed by atoms with van der Waals surface area (Å²) in [5.74, 6) is -0.347. The fourth-order valence-corrected chi connectivity index (χ4v) is 2.16. The van der Waals surface area contributed by atoms with Gasteiger partial charge in [-0.15, -0.1) is 0 Å². The third-order valence-electron chi connectivity index (χ3n) is 3.23. The highest BCUT2D eigenvalue weighted by atomic mass is 19.1. The molecule has 2 aromatic rings. The first-order chi connectivity index (χ1) is 9.06. The molecule has 0 radical (unpaired) electrons. The van der Waals surface area contributed by atoms with E-state index < -0.39 is 6.10 Å². The molecule has 4 heteroatoms. The fraction of sp³-hybridized carbons (Fsp3) is 0.400. The molecule has 1 aromatic carbocycles. The molecule has 1 aromatic heterocycles. The first-order valence-electron chi connectivity index (χ1n) is 6.62. The molecule has 102 valence electrons. The molecular weight excluding hydrogens is 243 g/mol. The van der Waals surface area contributed by atoms with Crippen LogP contribution in [0.4, 0.5) is 4.39 Å². The molecule has 0 bridgehead atoms. The zero-order chi connectivity index (χ0) is 14.0. The summed E-state index contributed by atoms with van der Waals surface area (Å²) in [5.41, 5.74) is 3.36. The molecule has 1 heterocycles. The highest BCUT2D eigenvalue weighted by Crippen LogP contribution is 2.24. The summed E-state index contributed by atoms with van der Waals surface area (Å²) in [6, 6.07) is 6.48. The SMILES string of the molecule is CCc1cc(CC)n(-c2ccc(F)cc2[C@@H](C)O)n1. The van der Waals surface area contributed by atoms with E-state index in [1.54, 1.807) is 17.7 Å². The zero-order valence-electron chi connectivity index (χ0n) is 11.5. The number of aryl methyl sites for hydroxylation is 2. The second-order valence-corrected chi connectivity index (χ2v) is 4.63. The van der Waals surface area contributed by atoms with Crippen LogP contribution in [0.5, 0.6) is 0 Å². The fourth-order valence-electron chi connectivity index (χ4n) is 2.16. The number of benzene rings is 1. The second kappa shape index (κ2) is 5.53. The van der Waals surface area contributed by atoms with Crippen molar-refractivity contribution in [1.29, 1.82) is 0 Å². The van der Waals surface area contributed by atoms with Gasteiger partial charge in [0, 0.05) is 11.3 Å². The Bertz CT molecular complexity index is 576. The van der Waals surface area contributed by atoms with Crippen molar-refractivity contribution in [3.63, 3.8) is 0 Å². The van der Waals surface area contributed by atoms with Crippen LogP contribution in [0.15, 0.2) is 24.3 Å². The number of hydrogen-bond acceptors (Lipinski definition) is 2. The lowest BCUT2D eigenvalue weighted by Crippen LogP contribution is -2.07. The molecule has 3 nitrogen and oxygen atoms in total. The second-order valence-electron chi connectivity index (χ2n) is 4.63. The van der Waals surface area contributed by atoms with E-state index in [9.17, 15) is 9.50 Å². The molecule has 19 heavy (non-hydrogen) atoms. The maximum Gasteiger partial charge on any atom is 0.123 e. The molecule has 0 aliphatic heterocycles. The molecule has 0 saturated heterocycles. The largest absolute Gasteiger partial charge is 0.389 e. The predicted octanol–water partition coefficient (Wildman–Crippen LogP) is 3.19. The van der Waals surface area contributed by atoms with Crippen molar-refractivity contribution < 1.29 is 9.50 Å². The van der Waals surface area contributed by atoms with E-state index in [1.807, 2.05) is 6.92 Å². The van der Waals surface area contributed by atoms with Crippen molar-refractivity contribution >= 4 is 0 Å². The third-order valence-corrected chi connectivity index (χ3v) is 3.23. The van der Waals surface area contributed by atoms with Crippen LogP contribution in [0.2, 0.25) is 0 Å². The zero-order valence-corrected chi connectivity index (χ0v) is 11.5. The molecule has 0 aliphatic rings. The minimum Gasteiger partial charge on any atom is -0.389 e. The van der Waals surface area contributed by atoms with Crippen molar-refractivity contribution in [3.8, 4) is 5.69 Å². The van der Waals surface area contributed by atoms with E-state index in [-0.39, 0.29) is 5.82 Å². The van der Waals surface area contributed by atoms with Gasteiger partial charge in [0.15, 0.2) is 0 Å². The first-order valence-corrected chi connectivity index (χ1v) is 6.62. The average Bonchev–Trinajstić information content (AvgIpc) is 2.81. The van der Waals surface area contributed by atoms with Crippen molar-refractivity contribution in [2.45, 2.75) is 39.7 Å². The summed E-state index contributed by atoms with van der Waals surface area (Å²) in [5, 5.41) is 14.3. The van der Waals surface area contributed by atoms with Crippen molar-refractivity contribution in [1.82, 2.24) is 9.78 Å². The summed E-state index contributed by atoms with van der Waals surface area (Å²) in [4.78, 5) is 0. The molecule has 1 atom stereocenters. The number of halogens is 1. The van der Waals surface area contributed by atoms with Gasteiger partial charge >= 0.3 is 0 Å². The van der Waals surface area contributed by atoms with Gasteiger partial charge in [-0.3, -0.25) is 0 Å². The smallest absolute Gasteiger partial charge is 0.123 e. The normalized spacial score (nSPS) is 12.7. The van der Waals surface area contributed by atoms with Gasteiger partial charge in [-0.05, 0) is 44.0 Å². The summed E-state index contributed by atoms with van der Waals surface area (Å²) in [7, 11) is 0.